The van der Waals surface area contributed by atoms with Gasteiger partial charge < -0.3 is 9.84 Å². The molecule has 0 saturated carbocycles. The van der Waals surface area contributed by atoms with Crippen molar-refractivity contribution in [2.45, 2.75) is 110 Å². The summed E-state index contributed by atoms with van der Waals surface area (Å²) in [6.45, 7) is 3.98. The van der Waals surface area contributed by atoms with Crippen molar-refractivity contribution in [1.82, 2.24) is 0 Å². The number of allylic oxidation sites excluding steroid dienone is 2. The van der Waals surface area contributed by atoms with E-state index in [2.05, 4.69) is 19.1 Å². The molecular weight excluding hydrogens is 386 g/mol. The van der Waals surface area contributed by atoms with Gasteiger partial charge in [0, 0.05) is 0 Å². The fourth-order valence-electron chi connectivity index (χ4n) is 2.64. The van der Waals surface area contributed by atoms with Gasteiger partial charge in [0.05, 0.1) is 6.61 Å². The monoisotopic (exact) mass is 424 g/mol. The van der Waals surface area contributed by atoms with E-state index in [0.29, 0.717) is 6.61 Å². The van der Waals surface area contributed by atoms with E-state index < -0.39 is 12.1 Å². The van der Waals surface area contributed by atoms with Crippen LogP contribution in [0.4, 0.5) is 0 Å². The smallest absolute Gasteiger partial charge is 0.844 e. The van der Waals surface area contributed by atoms with Gasteiger partial charge in [0.2, 0.25) is 0 Å². The maximum atomic E-state index is 11.0. The van der Waals surface area contributed by atoms with Gasteiger partial charge in [-0.1, -0.05) is 83.8 Å². The van der Waals surface area contributed by atoms with Crippen LogP contribution in [0.15, 0.2) is 12.2 Å². The van der Waals surface area contributed by atoms with Gasteiger partial charge in [-0.2, -0.15) is 0 Å². The molecule has 0 saturated heterocycles. The van der Waals surface area contributed by atoms with Crippen molar-refractivity contribution in [3.8, 4) is 0 Å². The normalized spacial score (nSPS) is 12.1. The number of rotatable bonds is 17. The Morgan fingerprint density at radius 2 is 1.28 bits per heavy atom. The fraction of sp³-hybridized carbons (Fsp3) is 0.857. The Hall–Kier alpha value is 0.975. The first-order valence-electron chi connectivity index (χ1n) is 10.2. The molecule has 0 aliphatic carbocycles. The molecule has 4 heteroatoms. The maximum Gasteiger partial charge on any atom is 1.00 e. The molecule has 0 radical (unpaired) electrons. The van der Waals surface area contributed by atoms with Gasteiger partial charge >= 0.3 is 58.2 Å². The molecule has 0 bridgehead atoms. The third kappa shape index (κ3) is 22.9. The number of hydrogen-bond donors (Lipinski definition) is 0. The molecule has 3 nitrogen and oxygen atoms in total. The van der Waals surface area contributed by atoms with Crippen LogP contribution in [0.5, 0.6) is 0 Å². The van der Waals surface area contributed by atoms with Crippen molar-refractivity contribution in [3.63, 3.8) is 0 Å². The Bertz CT molecular complexity index is 304. The van der Waals surface area contributed by atoms with Crippen molar-refractivity contribution < 1.29 is 72.8 Å². The van der Waals surface area contributed by atoms with Crippen LogP contribution < -0.4 is 63.3 Å². The second-order valence-corrected chi connectivity index (χ2v) is 6.75. The van der Waals surface area contributed by atoms with Crippen LogP contribution in [0, 0.1) is 0 Å². The van der Waals surface area contributed by atoms with Gasteiger partial charge in [-0.05, 0) is 38.2 Å². The van der Waals surface area contributed by atoms with Crippen molar-refractivity contribution in [2.75, 3.05) is 6.61 Å². The summed E-state index contributed by atoms with van der Waals surface area (Å²) in [6.07, 6.45) is 21.1. The molecule has 142 valence electrons. The minimum atomic E-state index is -1.25. The first kappa shape index (κ1) is 28.2. The van der Waals surface area contributed by atoms with Gasteiger partial charge in [0.1, 0.15) is 0 Å². The predicted octanol–water partition coefficient (Wildman–Crippen LogP) is 2.32. The second-order valence-electron chi connectivity index (χ2n) is 6.75. The van der Waals surface area contributed by atoms with Crippen molar-refractivity contribution in [1.29, 1.82) is 0 Å². The predicted molar refractivity (Wildman–Crippen MR) is 99.9 cm³/mol. The van der Waals surface area contributed by atoms with Crippen LogP contribution in [0.1, 0.15) is 104 Å². The van der Waals surface area contributed by atoms with Crippen LogP contribution in [0.2, 0.25) is 0 Å². The van der Waals surface area contributed by atoms with Crippen LogP contribution in [0.25, 0.3) is 0 Å². The summed E-state index contributed by atoms with van der Waals surface area (Å²) >= 11 is 0. The average Bonchev–Trinajstić information content (AvgIpc) is 2.57. The SMILES string of the molecule is CCCCCCCC/C=C\CCCCCCCCOC(=O)C(C)[O-].[Rb+]. The Labute approximate surface area is 205 Å². The van der Waals surface area contributed by atoms with E-state index in [1.165, 1.54) is 84.0 Å². The Morgan fingerprint density at radius 1 is 0.840 bits per heavy atom. The number of hydrogen-bond acceptors (Lipinski definition) is 3. The molecule has 0 aromatic rings. The minimum absolute atomic E-state index is 0. The molecule has 0 aromatic carbocycles. The molecule has 0 amide bonds. The van der Waals surface area contributed by atoms with Crippen LogP contribution in [0.3, 0.4) is 0 Å². The zero-order valence-corrected chi connectivity index (χ0v) is 22.0. The summed E-state index contributed by atoms with van der Waals surface area (Å²) in [5.74, 6) is -0.622. The third-order valence-electron chi connectivity index (χ3n) is 4.23. The third-order valence-corrected chi connectivity index (χ3v) is 4.23. The van der Waals surface area contributed by atoms with Gasteiger partial charge in [0.25, 0.3) is 5.97 Å². The Kier molecular flexibility index (Phi) is 25.9. The largest absolute Gasteiger partial charge is 1.00 e. The first-order valence-corrected chi connectivity index (χ1v) is 10.2. The van der Waals surface area contributed by atoms with Gasteiger partial charge in [-0.3, -0.25) is 4.79 Å². The molecule has 0 heterocycles. The summed E-state index contributed by atoms with van der Waals surface area (Å²) in [4.78, 5) is 11.0. The average molecular weight is 425 g/mol. The first-order chi connectivity index (χ1) is 11.7. The molecule has 1 unspecified atom stereocenters. The molecule has 1 atom stereocenters. The molecule has 0 N–H and O–H groups in total. The van der Waals surface area contributed by atoms with Crippen molar-refractivity contribution in [2.24, 2.45) is 0 Å². The summed E-state index contributed by atoms with van der Waals surface area (Å²) in [5.41, 5.74) is 0. The Morgan fingerprint density at radius 3 is 1.76 bits per heavy atom. The van der Waals surface area contributed by atoms with E-state index in [1.54, 1.807) is 0 Å². The number of esters is 1. The summed E-state index contributed by atoms with van der Waals surface area (Å²) in [7, 11) is 0. The summed E-state index contributed by atoms with van der Waals surface area (Å²) in [5, 5.41) is 10.7. The fourth-order valence-corrected chi connectivity index (χ4v) is 2.64. The van der Waals surface area contributed by atoms with Crippen LogP contribution in [-0.4, -0.2) is 18.7 Å². The quantitative estimate of drug-likeness (QED) is 0.204. The van der Waals surface area contributed by atoms with Gasteiger partial charge in [-0.15, -0.1) is 0 Å². The maximum absolute atomic E-state index is 11.0. The zero-order chi connectivity index (χ0) is 17.9. The number of carbonyl (C=O) groups is 1. The van der Waals surface area contributed by atoms with Gasteiger partial charge in [-0.25, -0.2) is 0 Å². The van der Waals surface area contributed by atoms with Gasteiger partial charge in [0.15, 0.2) is 0 Å². The number of ether oxygens (including phenoxy) is 1. The van der Waals surface area contributed by atoms with Crippen molar-refractivity contribution in [3.05, 3.63) is 12.2 Å². The van der Waals surface area contributed by atoms with Crippen LogP contribution in [-0.2, 0) is 9.53 Å². The number of carbonyl (C=O) groups excluding carboxylic acids is 1. The van der Waals surface area contributed by atoms with E-state index in [-0.39, 0.29) is 58.2 Å². The Balaban J connectivity index is 0. The molecule has 0 aromatic heterocycles. The van der Waals surface area contributed by atoms with Crippen LogP contribution >= 0.6 is 0 Å². The standard InChI is InChI=1S/C21H39O3.Rb/c1-3-4-5-6-7-8-9-10-11-12-13-14-15-16-17-18-19-24-21(23)20(2)22;/h10-11,20H,3-9,12-19H2,1-2H3;/q-1;+1/b11-10-;. The van der Waals surface area contributed by atoms with E-state index in [9.17, 15) is 9.90 Å². The minimum Gasteiger partial charge on any atom is -0.844 e. The van der Waals surface area contributed by atoms with Crippen molar-refractivity contribution >= 4 is 5.97 Å². The van der Waals surface area contributed by atoms with E-state index >= 15 is 0 Å². The summed E-state index contributed by atoms with van der Waals surface area (Å²) < 4.78 is 4.86. The van der Waals surface area contributed by atoms with E-state index in [4.69, 9.17) is 4.74 Å². The number of unbranched alkanes of at least 4 members (excludes halogenated alkanes) is 12. The topological polar surface area (TPSA) is 49.4 Å². The molecule has 0 aliphatic heterocycles. The van der Waals surface area contributed by atoms with E-state index in [0.717, 1.165) is 12.8 Å². The molecular formula is C21H39O3Rb. The zero-order valence-electron chi connectivity index (χ0n) is 17.1. The molecule has 25 heavy (non-hydrogen) atoms. The second kappa shape index (κ2) is 23.0. The molecule has 0 spiro atoms. The summed E-state index contributed by atoms with van der Waals surface area (Å²) in [6, 6.07) is 0. The molecule has 0 aliphatic rings. The molecule has 0 rings (SSSR count). The molecule has 0 fully saturated rings. The van der Waals surface area contributed by atoms with E-state index in [1.807, 2.05) is 0 Å².